The van der Waals surface area contributed by atoms with Crippen molar-refractivity contribution < 1.29 is 33.4 Å². The smallest absolute Gasteiger partial charge is 0.408 e. The molecule has 0 aliphatic heterocycles. The lowest BCUT2D eigenvalue weighted by atomic mass is 9.91. The number of nitrogens with zero attached hydrogens (tertiary/aromatic N) is 1. The van der Waals surface area contributed by atoms with Gasteiger partial charge in [-0.15, -0.1) is 0 Å². The van der Waals surface area contributed by atoms with Gasteiger partial charge in [-0.2, -0.15) is 0 Å². The van der Waals surface area contributed by atoms with Crippen molar-refractivity contribution in [1.82, 2.24) is 15.5 Å². The monoisotopic (exact) mass is 562 g/mol. The molecule has 0 bridgehead atoms. The molecule has 0 saturated carbocycles. The highest BCUT2D eigenvalue weighted by Crippen LogP contribution is 2.33. The van der Waals surface area contributed by atoms with Crippen molar-refractivity contribution in [2.75, 3.05) is 13.2 Å². The first kappa shape index (κ1) is 34.4. The quantitative estimate of drug-likeness (QED) is 0.294. The lowest BCUT2D eigenvalue weighted by Gasteiger charge is -2.44. The van der Waals surface area contributed by atoms with Crippen LogP contribution in [0.25, 0.3) is 0 Å². The van der Waals surface area contributed by atoms with E-state index in [1.165, 1.54) is 4.90 Å². The molecule has 1 aromatic carbocycles. The summed E-state index contributed by atoms with van der Waals surface area (Å²) in [6.07, 6.45) is -0.670. The van der Waals surface area contributed by atoms with E-state index in [0.717, 1.165) is 5.56 Å². The number of carbonyl (C=O) groups excluding carboxylic acids is 5. The van der Waals surface area contributed by atoms with Gasteiger partial charge < -0.3 is 30.7 Å². The Kier molecular flexibility index (Phi) is 13.1. The van der Waals surface area contributed by atoms with Gasteiger partial charge in [-0.1, -0.05) is 36.8 Å². The molecule has 0 aromatic heterocycles. The third-order valence-corrected chi connectivity index (χ3v) is 6.22. The topological polar surface area (TPSA) is 157 Å². The van der Waals surface area contributed by atoms with Crippen LogP contribution in [0.4, 0.5) is 4.79 Å². The van der Waals surface area contributed by atoms with Crippen LogP contribution in [0.2, 0.25) is 0 Å². The first-order valence-electron chi connectivity index (χ1n) is 13.6. The number of amides is 4. The number of hydrogen-bond acceptors (Lipinski definition) is 7. The molecule has 0 aliphatic carbocycles. The van der Waals surface area contributed by atoms with E-state index in [-0.39, 0.29) is 32.4 Å². The molecular formula is C29H46N4O7. The molecule has 11 nitrogen and oxygen atoms in total. The zero-order chi connectivity index (χ0) is 30.7. The first-order valence-corrected chi connectivity index (χ1v) is 13.6. The minimum atomic E-state index is -1.20. The molecule has 224 valence electrons. The molecule has 11 heteroatoms. The van der Waals surface area contributed by atoms with Crippen LogP contribution in [0.1, 0.15) is 91.3 Å². The van der Waals surface area contributed by atoms with E-state index in [4.69, 9.17) is 15.2 Å². The Hall–Kier alpha value is -3.63. The van der Waals surface area contributed by atoms with Crippen molar-refractivity contribution in [3.05, 3.63) is 35.4 Å². The van der Waals surface area contributed by atoms with Crippen LogP contribution >= 0.6 is 0 Å². The number of alkyl carbamates (subject to hydrolysis) is 1. The number of primary amides is 1. The van der Waals surface area contributed by atoms with Crippen molar-refractivity contribution in [2.24, 2.45) is 5.73 Å². The van der Waals surface area contributed by atoms with Gasteiger partial charge in [0.2, 0.25) is 17.7 Å². The molecule has 40 heavy (non-hydrogen) atoms. The fourth-order valence-electron chi connectivity index (χ4n) is 3.98. The van der Waals surface area contributed by atoms with Crippen LogP contribution in [-0.2, 0) is 28.7 Å². The zero-order valence-electron chi connectivity index (χ0n) is 25.1. The van der Waals surface area contributed by atoms with Crippen LogP contribution in [0.3, 0.4) is 0 Å². The van der Waals surface area contributed by atoms with Gasteiger partial charge in [0.25, 0.3) is 0 Å². The highest BCUT2D eigenvalue weighted by molar-refractivity contribution is 5.93. The number of aryl methyl sites for hydroxylation is 1. The summed E-state index contributed by atoms with van der Waals surface area (Å²) in [5.74, 6) is -2.18. The van der Waals surface area contributed by atoms with Gasteiger partial charge in [0.1, 0.15) is 17.7 Å². The van der Waals surface area contributed by atoms with Crippen molar-refractivity contribution in [2.45, 2.75) is 104 Å². The van der Waals surface area contributed by atoms with Crippen LogP contribution < -0.4 is 16.4 Å². The standard InChI is InChI=1S/C29H46N4O7/c1-9-29(7,8)33(26(37)21(14-15-22(30)34)32-27(38)40-28(4,5)6)24(20-13-11-12-19(3)18-20)25(36)31-17-16-23(35)39-10-2/h11-13,18,21,24H,9-10,14-17H2,1-8H3,(H2,30,34)(H,31,36)(H,32,38). The third-order valence-electron chi connectivity index (χ3n) is 6.22. The third kappa shape index (κ3) is 11.2. The Morgan fingerprint density at radius 2 is 1.68 bits per heavy atom. The number of carbonyl (C=O) groups is 5. The largest absolute Gasteiger partial charge is 0.466 e. The number of esters is 1. The Labute approximate surface area is 237 Å². The number of benzene rings is 1. The van der Waals surface area contributed by atoms with Crippen molar-refractivity contribution in [1.29, 1.82) is 0 Å². The van der Waals surface area contributed by atoms with E-state index >= 15 is 0 Å². The van der Waals surface area contributed by atoms with E-state index in [1.54, 1.807) is 45.9 Å². The van der Waals surface area contributed by atoms with E-state index in [1.807, 2.05) is 33.8 Å². The molecule has 4 amide bonds. The molecule has 0 saturated heterocycles. The molecule has 0 radical (unpaired) electrons. The molecule has 0 spiro atoms. The van der Waals surface area contributed by atoms with Crippen LogP contribution in [0.5, 0.6) is 0 Å². The van der Waals surface area contributed by atoms with E-state index in [9.17, 15) is 24.0 Å². The predicted octanol–water partition coefficient (Wildman–Crippen LogP) is 3.28. The minimum absolute atomic E-state index is 0.00975. The SMILES string of the molecule is CCOC(=O)CCNC(=O)C(c1cccc(C)c1)N(C(=O)C(CCC(N)=O)NC(=O)OC(C)(C)C)C(C)(C)CC. The molecule has 1 aromatic rings. The maximum absolute atomic E-state index is 14.3. The summed E-state index contributed by atoms with van der Waals surface area (Å²) in [4.78, 5) is 65.7. The van der Waals surface area contributed by atoms with Crippen LogP contribution in [-0.4, -0.2) is 65.0 Å². The fourth-order valence-corrected chi connectivity index (χ4v) is 3.98. The zero-order valence-corrected chi connectivity index (χ0v) is 25.1. The first-order chi connectivity index (χ1) is 18.5. The lowest BCUT2D eigenvalue weighted by molar-refractivity contribution is -0.150. The molecule has 4 N–H and O–H groups in total. The van der Waals surface area contributed by atoms with Crippen molar-refractivity contribution >= 4 is 29.8 Å². The van der Waals surface area contributed by atoms with E-state index in [2.05, 4.69) is 10.6 Å². The van der Waals surface area contributed by atoms with Crippen LogP contribution in [0, 0.1) is 6.92 Å². The molecule has 0 fully saturated rings. The second-order valence-electron chi connectivity index (χ2n) is 11.2. The van der Waals surface area contributed by atoms with Crippen LogP contribution in [0.15, 0.2) is 24.3 Å². The van der Waals surface area contributed by atoms with Gasteiger partial charge in [0.05, 0.1) is 13.0 Å². The fraction of sp³-hybridized carbons (Fsp3) is 0.621. The Balaban J connectivity index is 3.57. The van der Waals surface area contributed by atoms with Gasteiger partial charge in [-0.25, -0.2) is 4.79 Å². The predicted molar refractivity (Wildman–Crippen MR) is 151 cm³/mol. The summed E-state index contributed by atoms with van der Waals surface area (Å²) in [6, 6.07) is 4.90. The maximum Gasteiger partial charge on any atom is 0.408 e. The highest BCUT2D eigenvalue weighted by atomic mass is 16.6. The minimum Gasteiger partial charge on any atom is -0.466 e. The number of hydrogen-bond donors (Lipinski definition) is 3. The Morgan fingerprint density at radius 3 is 2.20 bits per heavy atom. The van der Waals surface area contributed by atoms with Gasteiger partial charge in [0.15, 0.2) is 0 Å². The number of ether oxygens (including phenoxy) is 2. The lowest BCUT2D eigenvalue weighted by Crippen LogP contribution is -2.59. The van der Waals surface area contributed by atoms with E-state index < -0.39 is 53.0 Å². The Bertz CT molecular complexity index is 1050. The van der Waals surface area contributed by atoms with Crippen molar-refractivity contribution in [3.8, 4) is 0 Å². The molecule has 2 unspecified atom stereocenters. The maximum atomic E-state index is 14.3. The average molecular weight is 563 g/mol. The van der Waals surface area contributed by atoms with Gasteiger partial charge in [-0.05, 0) is 66.9 Å². The normalized spacial score (nSPS) is 13.0. The Morgan fingerprint density at radius 1 is 1.02 bits per heavy atom. The van der Waals surface area contributed by atoms with Gasteiger partial charge >= 0.3 is 12.1 Å². The second-order valence-corrected chi connectivity index (χ2v) is 11.2. The van der Waals surface area contributed by atoms with Crippen molar-refractivity contribution in [3.63, 3.8) is 0 Å². The molecule has 2 atom stereocenters. The van der Waals surface area contributed by atoms with Gasteiger partial charge in [-0.3, -0.25) is 19.2 Å². The highest BCUT2D eigenvalue weighted by Gasteiger charge is 2.43. The molecule has 0 heterocycles. The summed E-state index contributed by atoms with van der Waals surface area (Å²) in [5.41, 5.74) is 5.10. The number of nitrogens with one attached hydrogen (secondary N) is 2. The average Bonchev–Trinajstić information content (AvgIpc) is 2.83. The summed E-state index contributed by atoms with van der Waals surface area (Å²) >= 11 is 0. The van der Waals surface area contributed by atoms with Gasteiger partial charge in [0, 0.05) is 18.5 Å². The number of rotatable bonds is 14. The molecular weight excluding hydrogens is 516 g/mol. The summed E-state index contributed by atoms with van der Waals surface area (Å²) < 4.78 is 10.3. The summed E-state index contributed by atoms with van der Waals surface area (Å²) in [6.45, 7) is 14.4. The molecule has 1 rings (SSSR count). The number of nitrogens with two attached hydrogens (primary N) is 1. The van der Waals surface area contributed by atoms with E-state index in [0.29, 0.717) is 12.0 Å². The summed E-state index contributed by atoms with van der Waals surface area (Å²) in [5, 5.41) is 5.34. The summed E-state index contributed by atoms with van der Waals surface area (Å²) in [7, 11) is 0. The molecule has 0 aliphatic rings. The second kappa shape index (κ2) is 15.2.